The SMILES string of the molecule is O=C(Cn1nc(-c2ccc(F)cn2)cc1-c1ccc(F)cc1)N1CCN(c2ncccn2)CC1. The van der Waals surface area contributed by atoms with Gasteiger partial charge in [0.1, 0.15) is 23.9 Å². The first-order valence-corrected chi connectivity index (χ1v) is 10.8. The van der Waals surface area contributed by atoms with Crippen LogP contribution in [0.3, 0.4) is 0 Å². The van der Waals surface area contributed by atoms with Crippen molar-refractivity contribution in [3.63, 3.8) is 0 Å². The van der Waals surface area contributed by atoms with Crippen molar-refractivity contribution in [3.05, 3.63) is 78.8 Å². The second-order valence-corrected chi connectivity index (χ2v) is 7.86. The Morgan fingerprint density at radius 3 is 2.24 bits per heavy atom. The molecule has 1 aromatic carbocycles. The molecule has 4 aromatic rings. The Bertz CT molecular complexity index is 1270. The van der Waals surface area contributed by atoms with Crippen molar-refractivity contribution >= 4 is 11.9 Å². The molecule has 34 heavy (non-hydrogen) atoms. The predicted molar refractivity (Wildman–Crippen MR) is 122 cm³/mol. The number of halogens is 2. The Kier molecular flexibility index (Phi) is 5.94. The van der Waals surface area contributed by atoms with Gasteiger partial charge in [-0.1, -0.05) is 0 Å². The third-order valence-corrected chi connectivity index (χ3v) is 5.66. The number of hydrogen-bond acceptors (Lipinski definition) is 6. The van der Waals surface area contributed by atoms with E-state index in [1.54, 1.807) is 46.2 Å². The number of hydrogen-bond donors (Lipinski definition) is 0. The summed E-state index contributed by atoms with van der Waals surface area (Å²) in [6.07, 6.45) is 4.51. The molecule has 10 heteroatoms. The van der Waals surface area contributed by atoms with Crippen LogP contribution in [0.2, 0.25) is 0 Å². The van der Waals surface area contributed by atoms with Gasteiger partial charge < -0.3 is 9.80 Å². The molecule has 0 aliphatic carbocycles. The molecule has 8 nitrogen and oxygen atoms in total. The van der Waals surface area contributed by atoms with E-state index in [-0.39, 0.29) is 18.3 Å². The largest absolute Gasteiger partial charge is 0.338 e. The fourth-order valence-electron chi connectivity index (χ4n) is 3.88. The molecule has 1 saturated heterocycles. The molecular weight excluding hydrogens is 440 g/mol. The third kappa shape index (κ3) is 4.61. The molecule has 172 valence electrons. The van der Waals surface area contributed by atoms with Crippen LogP contribution in [-0.2, 0) is 11.3 Å². The smallest absolute Gasteiger partial charge is 0.244 e. The average molecular weight is 461 g/mol. The molecule has 4 heterocycles. The molecule has 1 fully saturated rings. The molecule has 1 aliphatic rings. The van der Waals surface area contributed by atoms with Gasteiger partial charge >= 0.3 is 0 Å². The van der Waals surface area contributed by atoms with E-state index in [2.05, 4.69) is 20.1 Å². The number of pyridine rings is 1. The van der Waals surface area contributed by atoms with Crippen LogP contribution in [0.25, 0.3) is 22.6 Å². The van der Waals surface area contributed by atoms with Gasteiger partial charge in [-0.2, -0.15) is 5.10 Å². The van der Waals surface area contributed by atoms with E-state index in [0.717, 1.165) is 6.20 Å². The molecule has 3 aromatic heterocycles. The van der Waals surface area contributed by atoms with Crippen molar-refractivity contribution in [2.24, 2.45) is 0 Å². The van der Waals surface area contributed by atoms with Crippen LogP contribution in [-0.4, -0.2) is 61.7 Å². The Hall–Kier alpha value is -4.21. The molecule has 0 spiro atoms. The third-order valence-electron chi connectivity index (χ3n) is 5.66. The van der Waals surface area contributed by atoms with Crippen LogP contribution in [0, 0.1) is 11.6 Å². The van der Waals surface area contributed by atoms with Crippen LogP contribution in [0.1, 0.15) is 0 Å². The van der Waals surface area contributed by atoms with Crippen LogP contribution < -0.4 is 4.90 Å². The summed E-state index contributed by atoms with van der Waals surface area (Å²) >= 11 is 0. The molecule has 1 aliphatic heterocycles. The zero-order chi connectivity index (χ0) is 23.5. The van der Waals surface area contributed by atoms with Crippen LogP contribution in [0.15, 0.2) is 67.1 Å². The van der Waals surface area contributed by atoms with Crippen molar-refractivity contribution in [3.8, 4) is 22.6 Å². The predicted octanol–water partition coefficient (Wildman–Crippen LogP) is 3.03. The summed E-state index contributed by atoms with van der Waals surface area (Å²) < 4.78 is 28.4. The summed E-state index contributed by atoms with van der Waals surface area (Å²) in [5.41, 5.74) is 2.33. The second kappa shape index (κ2) is 9.34. The van der Waals surface area contributed by atoms with Gasteiger partial charge in [0, 0.05) is 44.1 Å². The van der Waals surface area contributed by atoms with Crippen LogP contribution >= 0.6 is 0 Å². The summed E-state index contributed by atoms with van der Waals surface area (Å²) in [4.78, 5) is 29.6. The maximum Gasteiger partial charge on any atom is 0.244 e. The molecule has 0 atom stereocenters. The maximum atomic E-state index is 13.5. The van der Waals surface area contributed by atoms with Gasteiger partial charge in [-0.3, -0.25) is 14.5 Å². The van der Waals surface area contributed by atoms with E-state index < -0.39 is 5.82 Å². The van der Waals surface area contributed by atoms with Gasteiger partial charge in [-0.15, -0.1) is 0 Å². The lowest BCUT2D eigenvalue weighted by atomic mass is 10.1. The van der Waals surface area contributed by atoms with Gasteiger partial charge in [0.05, 0.1) is 17.6 Å². The summed E-state index contributed by atoms with van der Waals surface area (Å²) in [7, 11) is 0. The van der Waals surface area contributed by atoms with E-state index in [4.69, 9.17) is 0 Å². The van der Waals surface area contributed by atoms with Crippen molar-refractivity contribution in [1.29, 1.82) is 0 Å². The van der Waals surface area contributed by atoms with Crippen molar-refractivity contribution < 1.29 is 13.6 Å². The van der Waals surface area contributed by atoms with Crippen molar-refractivity contribution in [2.75, 3.05) is 31.1 Å². The molecule has 0 radical (unpaired) electrons. The topological polar surface area (TPSA) is 80.0 Å². The molecule has 5 rings (SSSR count). The van der Waals surface area contributed by atoms with Crippen molar-refractivity contribution in [1.82, 2.24) is 29.6 Å². The maximum absolute atomic E-state index is 13.5. The number of carbonyl (C=O) groups is 1. The summed E-state index contributed by atoms with van der Waals surface area (Å²) in [5.74, 6) is -0.237. The zero-order valence-corrected chi connectivity index (χ0v) is 18.2. The highest BCUT2D eigenvalue weighted by Crippen LogP contribution is 2.26. The highest BCUT2D eigenvalue weighted by atomic mass is 19.1. The van der Waals surface area contributed by atoms with Gasteiger partial charge in [-0.25, -0.2) is 18.7 Å². The molecule has 0 unspecified atom stereocenters. The quantitative estimate of drug-likeness (QED) is 0.455. The first-order chi connectivity index (χ1) is 16.6. The lowest BCUT2D eigenvalue weighted by Crippen LogP contribution is -2.50. The van der Waals surface area contributed by atoms with E-state index >= 15 is 0 Å². The van der Waals surface area contributed by atoms with Crippen LogP contribution in [0.5, 0.6) is 0 Å². The summed E-state index contributed by atoms with van der Waals surface area (Å²) in [6, 6.07) is 12.3. The first kappa shape index (κ1) is 21.6. The minimum atomic E-state index is -0.447. The van der Waals surface area contributed by atoms with E-state index in [9.17, 15) is 13.6 Å². The highest BCUT2D eigenvalue weighted by molar-refractivity contribution is 5.78. The standard InChI is InChI=1S/C24H21F2N7O/c25-18-4-2-17(3-5-18)22-14-21(20-7-6-19(26)15-29-20)30-33(22)16-23(34)31-10-12-32(13-11-31)24-27-8-1-9-28-24/h1-9,14-15H,10-13,16H2. The number of amides is 1. The van der Waals surface area contributed by atoms with Crippen molar-refractivity contribution in [2.45, 2.75) is 6.54 Å². The Labute approximate surface area is 194 Å². The lowest BCUT2D eigenvalue weighted by molar-refractivity contribution is -0.132. The van der Waals surface area contributed by atoms with Crippen LogP contribution in [0.4, 0.5) is 14.7 Å². The minimum absolute atomic E-state index is 0.00966. The number of nitrogens with zero attached hydrogens (tertiary/aromatic N) is 7. The molecule has 0 bridgehead atoms. The fourth-order valence-corrected chi connectivity index (χ4v) is 3.88. The van der Waals surface area contributed by atoms with E-state index in [1.165, 1.54) is 24.3 Å². The second-order valence-electron chi connectivity index (χ2n) is 7.86. The van der Waals surface area contributed by atoms with E-state index in [0.29, 0.717) is 54.8 Å². The number of piperazine rings is 1. The number of rotatable bonds is 5. The highest BCUT2D eigenvalue weighted by Gasteiger charge is 2.24. The fraction of sp³-hybridized carbons (Fsp3) is 0.208. The van der Waals surface area contributed by atoms with Gasteiger partial charge in [-0.05, 0) is 48.5 Å². The Morgan fingerprint density at radius 2 is 1.56 bits per heavy atom. The summed E-state index contributed by atoms with van der Waals surface area (Å²) in [5, 5.41) is 4.57. The average Bonchev–Trinajstić information content (AvgIpc) is 3.29. The minimum Gasteiger partial charge on any atom is -0.338 e. The molecular formula is C24H21F2N7O. The first-order valence-electron chi connectivity index (χ1n) is 10.8. The molecule has 1 amide bonds. The van der Waals surface area contributed by atoms with Gasteiger partial charge in [0.15, 0.2) is 0 Å². The monoisotopic (exact) mass is 461 g/mol. The number of aromatic nitrogens is 5. The Morgan fingerprint density at radius 1 is 0.853 bits per heavy atom. The van der Waals surface area contributed by atoms with Gasteiger partial charge in [0.2, 0.25) is 11.9 Å². The lowest BCUT2D eigenvalue weighted by Gasteiger charge is -2.34. The van der Waals surface area contributed by atoms with E-state index in [1.807, 2.05) is 4.90 Å². The Balaban J connectivity index is 1.36. The zero-order valence-electron chi connectivity index (χ0n) is 18.2. The summed E-state index contributed by atoms with van der Waals surface area (Å²) in [6.45, 7) is 2.35. The normalized spacial score (nSPS) is 13.8. The molecule has 0 N–H and O–H groups in total. The number of carbonyl (C=O) groups excluding carboxylic acids is 1. The number of benzene rings is 1. The molecule has 0 saturated carbocycles. The number of anilines is 1. The van der Waals surface area contributed by atoms with Gasteiger partial charge in [0.25, 0.3) is 0 Å².